The van der Waals surface area contributed by atoms with Crippen molar-refractivity contribution in [2.24, 2.45) is 0 Å². The van der Waals surface area contributed by atoms with Crippen molar-refractivity contribution in [1.82, 2.24) is 15.6 Å². The first kappa shape index (κ1) is 15.9. The maximum absolute atomic E-state index is 4.69. The number of aromatic nitrogens is 1. The van der Waals surface area contributed by atoms with E-state index in [0.717, 1.165) is 17.8 Å². The Hall–Kier alpha value is -0.450. The lowest BCUT2D eigenvalue weighted by Gasteiger charge is -2.47. The fraction of sp³-hybridized carbons (Fsp3) is 0.812. The van der Waals surface area contributed by atoms with Crippen molar-refractivity contribution in [3.8, 4) is 0 Å². The standard InChI is InChI=1S/C16H29N3S/c1-10(14-11(2)20-12(3)18-14)17-13-8-15(4,5)19-16(6,7)9-13/h10,13,17,19H,8-9H2,1-7H3. The first-order valence-corrected chi connectivity index (χ1v) is 8.39. The highest BCUT2D eigenvalue weighted by molar-refractivity contribution is 7.11. The number of aryl methyl sites for hydroxylation is 2. The van der Waals surface area contributed by atoms with Crippen LogP contribution < -0.4 is 10.6 Å². The molecule has 2 heterocycles. The second-order valence-corrected chi connectivity index (χ2v) is 8.97. The van der Waals surface area contributed by atoms with Crippen LogP contribution in [0.4, 0.5) is 0 Å². The predicted molar refractivity (Wildman–Crippen MR) is 87.5 cm³/mol. The van der Waals surface area contributed by atoms with E-state index in [1.165, 1.54) is 10.6 Å². The Morgan fingerprint density at radius 3 is 2.20 bits per heavy atom. The van der Waals surface area contributed by atoms with Crippen LogP contribution in [0.15, 0.2) is 0 Å². The molecule has 1 atom stereocenters. The molecule has 0 bridgehead atoms. The van der Waals surface area contributed by atoms with Crippen molar-refractivity contribution in [3.63, 3.8) is 0 Å². The molecule has 1 saturated heterocycles. The van der Waals surface area contributed by atoms with Gasteiger partial charge in [0.15, 0.2) is 0 Å². The van der Waals surface area contributed by atoms with Gasteiger partial charge in [0.05, 0.1) is 10.7 Å². The minimum absolute atomic E-state index is 0.187. The van der Waals surface area contributed by atoms with Crippen LogP contribution in [0.2, 0.25) is 0 Å². The Kier molecular flexibility index (Phi) is 4.30. The zero-order valence-electron chi connectivity index (χ0n) is 13.9. The van der Waals surface area contributed by atoms with Gasteiger partial charge in [-0.1, -0.05) is 0 Å². The Morgan fingerprint density at radius 2 is 1.75 bits per heavy atom. The molecule has 3 nitrogen and oxygen atoms in total. The molecule has 1 unspecified atom stereocenters. The van der Waals surface area contributed by atoms with Crippen molar-refractivity contribution >= 4 is 11.3 Å². The fourth-order valence-corrected chi connectivity index (χ4v) is 4.73. The van der Waals surface area contributed by atoms with Crippen LogP contribution in [0.25, 0.3) is 0 Å². The van der Waals surface area contributed by atoms with Crippen molar-refractivity contribution in [2.45, 2.75) is 84.5 Å². The van der Waals surface area contributed by atoms with Crippen molar-refractivity contribution in [3.05, 3.63) is 15.6 Å². The zero-order valence-corrected chi connectivity index (χ0v) is 14.7. The number of hydrogen-bond acceptors (Lipinski definition) is 4. The first-order valence-electron chi connectivity index (χ1n) is 7.57. The van der Waals surface area contributed by atoms with Gasteiger partial charge in [-0.2, -0.15) is 0 Å². The number of hydrogen-bond donors (Lipinski definition) is 2. The summed E-state index contributed by atoms with van der Waals surface area (Å²) in [5, 5.41) is 8.71. The summed E-state index contributed by atoms with van der Waals surface area (Å²) in [6, 6.07) is 0.868. The molecular formula is C16H29N3S. The summed E-state index contributed by atoms with van der Waals surface area (Å²) in [6.07, 6.45) is 2.31. The van der Waals surface area contributed by atoms with Crippen LogP contribution in [0, 0.1) is 13.8 Å². The van der Waals surface area contributed by atoms with Gasteiger partial charge in [0.1, 0.15) is 0 Å². The van der Waals surface area contributed by atoms with Crippen LogP contribution >= 0.6 is 11.3 Å². The van der Waals surface area contributed by atoms with Crippen LogP contribution in [0.3, 0.4) is 0 Å². The second kappa shape index (κ2) is 5.39. The Morgan fingerprint density at radius 1 is 1.20 bits per heavy atom. The Labute approximate surface area is 127 Å². The molecule has 1 aliphatic rings. The van der Waals surface area contributed by atoms with Crippen LogP contribution in [-0.4, -0.2) is 22.1 Å². The smallest absolute Gasteiger partial charge is 0.0900 e. The van der Waals surface area contributed by atoms with E-state index in [1.54, 1.807) is 11.3 Å². The zero-order chi connectivity index (χ0) is 15.1. The largest absolute Gasteiger partial charge is 0.307 e. The summed E-state index contributed by atoms with van der Waals surface area (Å²) in [7, 11) is 0. The van der Waals surface area contributed by atoms with Crippen LogP contribution in [0.1, 0.15) is 69.1 Å². The van der Waals surface area contributed by atoms with Gasteiger partial charge < -0.3 is 10.6 Å². The molecule has 2 N–H and O–H groups in total. The molecule has 1 aliphatic heterocycles. The number of nitrogens with zero attached hydrogens (tertiary/aromatic N) is 1. The Balaban J connectivity index is 2.07. The van der Waals surface area contributed by atoms with Crippen molar-refractivity contribution in [2.75, 3.05) is 0 Å². The predicted octanol–water partition coefficient (Wildman–Crippen LogP) is 3.72. The second-order valence-electron chi connectivity index (χ2n) is 7.56. The Bertz CT molecular complexity index is 460. The molecule has 114 valence electrons. The number of thiazole rings is 1. The van der Waals surface area contributed by atoms with E-state index < -0.39 is 0 Å². The van der Waals surface area contributed by atoms with Gasteiger partial charge in [0.2, 0.25) is 0 Å². The maximum Gasteiger partial charge on any atom is 0.0900 e. The number of piperidine rings is 1. The lowest BCUT2D eigenvalue weighted by Crippen LogP contribution is -2.61. The SMILES string of the molecule is Cc1nc(C(C)NC2CC(C)(C)NC(C)(C)C2)c(C)s1. The normalized spacial score (nSPS) is 23.8. The van der Waals surface area contributed by atoms with Crippen molar-refractivity contribution < 1.29 is 0 Å². The van der Waals surface area contributed by atoms with E-state index >= 15 is 0 Å². The van der Waals surface area contributed by atoms with Crippen molar-refractivity contribution in [1.29, 1.82) is 0 Å². The molecule has 0 aromatic carbocycles. The topological polar surface area (TPSA) is 37.0 Å². The quantitative estimate of drug-likeness (QED) is 0.892. The fourth-order valence-electron chi connectivity index (χ4n) is 3.82. The van der Waals surface area contributed by atoms with E-state index in [-0.39, 0.29) is 11.1 Å². The van der Waals surface area contributed by atoms with E-state index in [9.17, 15) is 0 Å². The van der Waals surface area contributed by atoms with Gasteiger partial charge in [0, 0.05) is 28.0 Å². The summed E-state index contributed by atoms with van der Waals surface area (Å²) in [5.41, 5.74) is 1.60. The molecule has 0 spiro atoms. The molecule has 20 heavy (non-hydrogen) atoms. The monoisotopic (exact) mass is 295 g/mol. The lowest BCUT2D eigenvalue weighted by molar-refractivity contribution is 0.140. The maximum atomic E-state index is 4.69. The van der Waals surface area contributed by atoms with E-state index in [4.69, 9.17) is 0 Å². The van der Waals surface area contributed by atoms with Crippen LogP contribution in [0.5, 0.6) is 0 Å². The first-order chi connectivity index (χ1) is 9.08. The minimum Gasteiger partial charge on any atom is -0.307 e. The molecule has 0 amide bonds. The third-order valence-electron chi connectivity index (χ3n) is 4.03. The average Bonchev–Trinajstić information content (AvgIpc) is 2.52. The molecule has 2 rings (SSSR count). The van der Waals surface area contributed by atoms with E-state index in [0.29, 0.717) is 12.1 Å². The summed E-state index contributed by atoms with van der Waals surface area (Å²) >= 11 is 1.80. The third kappa shape index (κ3) is 3.80. The summed E-state index contributed by atoms with van der Waals surface area (Å²) in [6.45, 7) is 15.7. The molecular weight excluding hydrogens is 266 g/mol. The van der Waals surface area contributed by atoms with Gasteiger partial charge >= 0.3 is 0 Å². The summed E-state index contributed by atoms with van der Waals surface area (Å²) in [4.78, 5) is 6.03. The number of rotatable bonds is 3. The third-order valence-corrected chi connectivity index (χ3v) is 4.93. The average molecular weight is 295 g/mol. The van der Waals surface area contributed by atoms with Gasteiger partial charge in [-0.3, -0.25) is 0 Å². The molecule has 0 aliphatic carbocycles. The van der Waals surface area contributed by atoms with E-state index in [2.05, 4.69) is 64.1 Å². The van der Waals surface area contributed by atoms with Crippen LogP contribution in [-0.2, 0) is 0 Å². The molecule has 4 heteroatoms. The highest BCUT2D eigenvalue weighted by Gasteiger charge is 2.38. The molecule has 0 saturated carbocycles. The summed E-state index contributed by atoms with van der Waals surface area (Å²) < 4.78 is 0. The lowest BCUT2D eigenvalue weighted by atomic mass is 9.79. The molecule has 1 aromatic heterocycles. The van der Waals surface area contributed by atoms with E-state index in [1.807, 2.05) is 0 Å². The number of nitrogens with one attached hydrogen (secondary N) is 2. The molecule has 1 aromatic rings. The van der Waals surface area contributed by atoms with Gasteiger partial charge in [0.25, 0.3) is 0 Å². The van der Waals surface area contributed by atoms with Gasteiger partial charge in [-0.05, 0) is 61.3 Å². The highest BCUT2D eigenvalue weighted by atomic mass is 32.1. The van der Waals surface area contributed by atoms with Gasteiger partial charge in [-0.25, -0.2) is 4.98 Å². The van der Waals surface area contributed by atoms with Gasteiger partial charge in [-0.15, -0.1) is 11.3 Å². The summed E-state index contributed by atoms with van der Waals surface area (Å²) in [5.74, 6) is 0. The highest BCUT2D eigenvalue weighted by Crippen LogP contribution is 2.31. The molecule has 1 fully saturated rings. The minimum atomic E-state index is 0.187. The molecule has 0 radical (unpaired) electrons.